The highest BCUT2D eigenvalue weighted by Crippen LogP contribution is 2.42. The minimum absolute atomic E-state index is 0.0489. The summed E-state index contributed by atoms with van der Waals surface area (Å²) in [5.74, 6) is 0.108. The Hall–Kier alpha value is -3.28. The number of nitrogen functional groups attached to an aromatic ring is 1. The summed E-state index contributed by atoms with van der Waals surface area (Å²) < 4.78 is 21.7. The number of nitrogens with two attached hydrogens (primary N) is 1. The summed E-state index contributed by atoms with van der Waals surface area (Å²) in [5.41, 5.74) is 8.86. The average Bonchev–Trinajstić information content (AvgIpc) is 2.98. The molecule has 0 amide bonds. The minimum Gasteiger partial charge on any atom is -0.496 e. The van der Waals surface area contributed by atoms with Gasteiger partial charge in [-0.1, -0.05) is 24.3 Å². The summed E-state index contributed by atoms with van der Waals surface area (Å²) in [6.45, 7) is 3.92. The molecule has 0 unspecified atom stereocenters. The van der Waals surface area contributed by atoms with Crippen LogP contribution in [0.5, 0.6) is 11.6 Å². The maximum atomic E-state index is 14.7. The molecule has 0 spiro atoms. The molecule has 0 fully saturated rings. The summed E-state index contributed by atoms with van der Waals surface area (Å²) in [5, 5.41) is 11.7. The molecule has 0 saturated heterocycles. The van der Waals surface area contributed by atoms with Crippen molar-refractivity contribution >= 4 is 27.5 Å². The molecule has 4 aromatic rings. The number of hydrogen-bond donors (Lipinski definition) is 2. The topological polar surface area (TPSA) is 73.3 Å². The third kappa shape index (κ3) is 2.48. The molecule has 0 saturated carbocycles. The van der Waals surface area contributed by atoms with Gasteiger partial charge in [0.25, 0.3) is 0 Å². The van der Waals surface area contributed by atoms with Crippen molar-refractivity contribution in [3.8, 4) is 22.8 Å². The molecule has 4 rings (SSSR count). The number of ether oxygens (including phenoxy) is 1. The number of hydrogen-bond acceptors (Lipinski definition) is 4. The lowest BCUT2D eigenvalue weighted by Crippen LogP contribution is -1.97. The standard InChI is InChI=1S/C21H20FN3O2/c1-11(2)25-10-15-18(21(25)26)19(23)13-7-4-6-12(20(13)24-15)17-14(22)8-5-9-16(17)27-3/h4-11,26H,23H2,1-3H3. The molecule has 2 aromatic carbocycles. The van der Waals surface area contributed by atoms with Gasteiger partial charge < -0.3 is 20.1 Å². The van der Waals surface area contributed by atoms with E-state index in [1.807, 2.05) is 19.9 Å². The van der Waals surface area contributed by atoms with Crippen LogP contribution in [0.25, 0.3) is 32.9 Å². The summed E-state index contributed by atoms with van der Waals surface area (Å²) >= 11 is 0. The van der Waals surface area contributed by atoms with Crippen molar-refractivity contribution in [3.05, 3.63) is 48.4 Å². The Morgan fingerprint density at radius 1 is 1.19 bits per heavy atom. The van der Waals surface area contributed by atoms with Crippen molar-refractivity contribution in [1.29, 1.82) is 0 Å². The number of methoxy groups -OCH3 is 1. The number of rotatable bonds is 3. The second-order valence-corrected chi connectivity index (χ2v) is 6.76. The molecule has 0 aliphatic rings. The van der Waals surface area contributed by atoms with Crippen LogP contribution in [0.2, 0.25) is 0 Å². The van der Waals surface area contributed by atoms with Crippen LogP contribution in [-0.2, 0) is 0 Å². The Labute approximate surface area is 155 Å². The largest absolute Gasteiger partial charge is 0.496 e. The van der Waals surface area contributed by atoms with Crippen LogP contribution in [0.3, 0.4) is 0 Å². The molecule has 6 heteroatoms. The van der Waals surface area contributed by atoms with Crippen LogP contribution >= 0.6 is 0 Å². The van der Waals surface area contributed by atoms with Crippen LogP contribution in [0.15, 0.2) is 42.6 Å². The molecule has 0 radical (unpaired) electrons. The van der Waals surface area contributed by atoms with Crippen molar-refractivity contribution in [2.24, 2.45) is 0 Å². The summed E-state index contributed by atoms with van der Waals surface area (Å²) in [7, 11) is 1.50. The Kier molecular flexibility index (Phi) is 3.91. The van der Waals surface area contributed by atoms with Gasteiger partial charge in [0.05, 0.1) is 34.8 Å². The number of anilines is 1. The van der Waals surface area contributed by atoms with Crippen LogP contribution in [0.4, 0.5) is 10.1 Å². The van der Waals surface area contributed by atoms with E-state index >= 15 is 0 Å². The normalized spacial score (nSPS) is 11.6. The fraction of sp³-hybridized carbons (Fsp3) is 0.190. The first kappa shape index (κ1) is 17.1. The number of pyridine rings is 1. The van der Waals surface area contributed by atoms with Gasteiger partial charge in [-0.15, -0.1) is 0 Å². The van der Waals surface area contributed by atoms with Crippen molar-refractivity contribution in [2.75, 3.05) is 12.8 Å². The van der Waals surface area contributed by atoms with E-state index in [-0.39, 0.29) is 11.9 Å². The highest BCUT2D eigenvalue weighted by Gasteiger charge is 2.20. The number of benzene rings is 2. The first-order valence-corrected chi connectivity index (χ1v) is 8.68. The number of aromatic hydroxyl groups is 1. The van der Waals surface area contributed by atoms with E-state index in [4.69, 9.17) is 15.5 Å². The monoisotopic (exact) mass is 365 g/mol. The molecular formula is C21H20FN3O2. The predicted octanol–water partition coefficient (Wildman–Crippen LogP) is 4.87. The predicted molar refractivity (Wildman–Crippen MR) is 106 cm³/mol. The maximum Gasteiger partial charge on any atom is 0.203 e. The van der Waals surface area contributed by atoms with E-state index in [1.165, 1.54) is 13.2 Å². The number of fused-ring (bicyclic) bond motifs is 2. The molecular weight excluding hydrogens is 345 g/mol. The van der Waals surface area contributed by atoms with Gasteiger partial charge in [0.2, 0.25) is 5.88 Å². The second-order valence-electron chi connectivity index (χ2n) is 6.76. The summed E-state index contributed by atoms with van der Waals surface area (Å²) in [6, 6.07) is 10.2. The van der Waals surface area contributed by atoms with Gasteiger partial charge in [-0.3, -0.25) is 0 Å². The lowest BCUT2D eigenvalue weighted by molar-refractivity contribution is 0.405. The van der Waals surface area contributed by atoms with Gasteiger partial charge in [0.15, 0.2) is 0 Å². The van der Waals surface area contributed by atoms with Gasteiger partial charge >= 0.3 is 0 Å². The molecule has 0 aliphatic carbocycles. The molecule has 5 nitrogen and oxygen atoms in total. The Morgan fingerprint density at radius 2 is 1.93 bits per heavy atom. The zero-order valence-electron chi connectivity index (χ0n) is 15.3. The SMILES string of the molecule is COc1cccc(F)c1-c1cccc2c(N)c3c(O)n(C(C)C)cc3nc12. The van der Waals surface area contributed by atoms with E-state index in [0.717, 1.165) is 0 Å². The van der Waals surface area contributed by atoms with E-state index in [2.05, 4.69) is 0 Å². The Morgan fingerprint density at radius 3 is 2.63 bits per heavy atom. The van der Waals surface area contributed by atoms with Gasteiger partial charge in [-0.2, -0.15) is 0 Å². The quantitative estimate of drug-likeness (QED) is 0.543. The smallest absolute Gasteiger partial charge is 0.203 e. The van der Waals surface area contributed by atoms with Gasteiger partial charge in [0, 0.05) is 23.2 Å². The Bertz CT molecular complexity index is 1180. The highest BCUT2D eigenvalue weighted by molar-refractivity contribution is 6.12. The van der Waals surface area contributed by atoms with E-state index < -0.39 is 5.82 Å². The second kappa shape index (κ2) is 6.16. The van der Waals surface area contributed by atoms with E-state index in [0.29, 0.717) is 44.4 Å². The lowest BCUT2D eigenvalue weighted by atomic mass is 9.99. The van der Waals surface area contributed by atoms with Gasteiger partial charge in [-0.25, -0.2) is 9.37 Å². The zero-order chi connectivity index (χ0) is 19.3. The maximum absolute atomic E-state index is 14.7. The number of nitrogens with zero attached hydrogens (tertiary/aromatic N) is 2. The number of halogens is 1. The molecule has 138 valence electrons. The van der Waals surface area contributed by atoms with Crippen LogP contribution in [0.1, 0.15) is 19.9 Å². The van der Waals surface area contributed by atoms with Crippen molar-refractivity contribution in [3.63, 3.8) is 0 Å². The molecule has 27 heavy (non-hydrogen) atoms. The lowest BCUT2D eigenvalue weighted by Gasteiger charge is -2.13. The van der Waals surface area contributed by atoms with Crippen molar-refractivity contribution in [1.82, 2.24) is 9.55 Å². The first-order chi connectivity index (χ1) is 12.9. The summed E-state index contributed by atoms with van der Waals surface area (Å²) in [4.78, 5) is 4.71. The average molecular weight is 365 g/mol. The minimum atomic E-state index is -0.398. The molecule has 0 bridgehead atoms. The third-order valence-corrected chi connectivity index (χ3v) is 4.83. The summed E-state index contributed by atoms with van der Waals surface area (Å²) in [6.07, 6.45) is 1.76. The molecule has 0 aliphatic heterocycles. The fourth-order valence-corrected chi connectivity index (χ4v) is 3.51. The van der Waals surface area contributed by atoms with Crippen LogP contribution in [-0.4, -0.2) is 21.8 Å². The van der Waals surface area contributed by atoms with Crippen LogP contribution in [0, 0.1) is 5.82 Å². The van der Waals surface area contributed by atoms with Crippen LogP contribution < -0.4 is 10.5 Å². The fourth-order valence-electron chi connectivity index (χ4n) is 3.51. The highest BCUT2D eigenvalue weighted by atomic mass is 19.1. The molecule has 2 heterocycles. The molecule has 3 N–H and O–H groups in total. The zero-order valence-corrected chi connectivity index (χ0v) is 15.3. The molecule has 0 atom stereocenters. The molecule has 2 aromatic heterocycles. The van der Waals surface area contributed by atoms with Gasteiger partial charge in [-0.05, 0) is 26.0 Å². The van der Waals surface area contributed by atoms with Gasteiger partial charge in [0.1, 0.15) is 11.6 Å². The van der Waals surface area contributed by atoms with E-state index in [9.17, 15) is 9.50 Å². The first-order valence-electron chi connectivity index (χ1n) is 8.68. The third-order valence-electron chi connectivity index (χ3n) is 4.83. The number of para-hydroxylation sites is 1. The van der Waals surface area contributed by atoms with Crippen molar-refractivity contribution in [2.45, 2.75) is 19.9 Å². The van der Waals surface area contributed by atoms with Crippen molar-refractivity contribution < 1.29 is 14.2 Å². The number of aromatic nitrogens is 2. The van der Waals surface area contributed by atoms with E-state index in [1.54, 1.807) is 35.0 Å². The Balaban J connectivity index is 2.13.